The molecule has 0 N–H and O–H groups in total. The van der Waals surface area contributed by atoms with E-state index in [2.05, 4.69) is 67.3 Å². The molecule has 2 aromatic carbocycles. The zero-order valence-corrected chi connectivity index (χ0v) is 16.2. The zero-order chi connectivity index (χ0) is 18.7. The first-order valence-corrected chi connectivity index (χ1v) is 9.28. The van der Waals surface area contributed by atoms with Gasteiger partial charge in [0.1, 0.15) is 0 Å². The second kappa shape index (κ2) is 7.81. The number of piperazine rings is 1. The first kappa shape index (κ1) is 18.3. The largest absolute Gasteiger partial charge is 0.368 e. The van der Waals surface area contributed by atoms with E-state index in [1.54, 1.807) is 0 Å². The van der Waals surface area contributed by atoms with Crippen molar-refractivity contribution < 1.29 is 0 Å². The maximum absolute atomic E-state index is 5.66. The molecular formula is C24H28N2. The average Bonchev–Trinajstić information content (AvgIpc) is 2.64. The minimum absolute atomic E-state index is 0.987. The second-order valence-corrected chi connectivity index (χ2v) is 7.30. The Kier molecular flexibility index (Phi) is 5.49. The van der Waals surface area contributed by atoms with Crippen LogP contribution in [0.1, 0.15) is 34.7 Å². The monoisotopic (exact) mass is 344 g/mol. The summed E-state index contributed by atoms with van der Waals surface area (Å²) in [5.41, 5.74) is 8.69. The van der Waals surface area contributed by atoms with Crippen LogP contribution in [0.25, 0.3) is 5.57 Å². The van der Waals surface area contributed by atoms with Gasteiger partial charge in [-0.15, -0.1) is 6.42 Å². The number of allylic oxidation sites excluding steroid dienone is 1. The summed E-state index contributed by atoms with van der Waals surface area (Å²) in [5, 5.41) is 0. The fourth-order valence-electron chi connectivity index (χ4n) is 3.79. The number of hydrogen-bond donors (Lipinski definition) is 0. The maximum Gasteiger partial charge on any atom is 0.0526 e. The van der Waals surface area contributed by atoms with E-state index >= 15 is 0 Å². The number of hydrogen-bond acceptors (Lipinski definition) is 2. The Balaban J connectivity index is 1.69. The Morgan fingerprint density at radius 3 is 2.42 bits per heavy atom. The fraction of sp³-hybridized carbons (Fsp3) is 0.333. The number of aryl methyl sites for hydroxylation is 2. The van der Waals surface area contributed by atoms with Gasteiger partial charge < -0.3 is 4.90 Å². The molecule has 0 atom stereocenters. The normalized spacial score (nSPS) is 14.9. The molecule has 1 aliphatic heterocycles. The quantitative estimate of drug-likeness (QED) is 0.746. The molecule has 0 unspecified atom stereocenters. The van der Waals surface area contributed by atoms with E-state index in [9.17, 15) is 0 Å². The van der Waals surface area contributed by atoms with Gasteiger partial charge in [0.2, 0.25) is 0 Å². The van der Waals surface area contributed by atoms with Crippen LogP contribution in [-0.2, 0) is 6.54 Å². The third-order valence-electron chi connectivity index (χ3n) is 5.31. The molecule has 26 heavy (non-hydrogen) atoms. The molecule has 1 aliphatic rings. The highest BCUT2D eigenvalue weighted by molar-refractivity contribution is 5.66. The van der Waals surface area contributed by atoms with Crippen molar-refractivity contribution >= 4 is 11.3 Å². The van der Waals surface area contributed by atoms with Gasteiger partial charge in [0.25, 0.3) is 0 Å². The lowest BCUT2D eigenvalue weighted by Crippen LogP contribution is -2.46. The molecule has 1 heterocycles. The Labute approximate surface area is 158 Å². The van der Waals surface area contributed by atoms with Crippen LogP contribution in [-0.4, -0.2) is 31.1 Å². The van der Waals surface area contributed by atoms with Gasteiger partial charge >= 0.3 is 0 Å². The number of para-hydroxylation sites is 1. The maximum atomic E-state index is 5.66. The highest BCUT2D eigenvalue weighted by Gasteiger charge is 2.19. The molecule has 2 heteroatoms. The highest BCUT2D eigenvalue weighted by Crippen LogP contribution is 2.25. The second-order valence-electron chi connectivity index (χ2n) is 7.30. The number of anilines is 1. The number of terminal acetylenes is 1. The summed E-state index contributed by atoms with van der Waals surface area (Å²) in [6, 6.07) is 12.8. The van der Waals surface area contributed by atoms with Gasteiger partial charge in [0.15, 0.2) is 0 Å². The van der Waals surface area contributed by atoms with E-state index in [0.29, 0.717) is 0 Å². The molecule has 0 amide bonds. The van der Waals surface area contributed by atoms with E-state index in [1.165, 1.54) is 27.9 Å². The Morgan fingerprint density at radius 2 is 1.77 bits per heavy atom. The van der Waals surface area contributed by atoms with E-state index in [-0.39, 0.29) is 0 Å². The minimum Gasteiger partial charge on any atom is -0.368 e. The third-order valence-corrected chi connectivity index (χ3v) is 5.31. The van der Waals surface area contributed by atoms with Crippen LogP contribution in [0.2, 0.25) is 0 Å². The van der Waals surface area contributed by atoms with Crippen LogP contribution in [0.5, 0.6) is 0 Å². The molecule has 1 saturated heterocycles. The molecule has 2 nitrogen and oxygen atoms in total. The van der Waals surface area contributed by atoms with Crippen LogP contribution in [0, 0.1) is 26.2 Å². The first-order valence-electron chi connectivity index (χ1n) is 9.28. The summed E-state index contributed by atoms with van der Waals surface area (Å²) in [7, 11) is 0. The summed E-state index contributed by atoms with van der Waals surface area (Å²) in [6.07, 6.45) is 5.66. The van der Waals surface area contributed by atoms with Gasteiger partial charge in [-0.2, -0.15) is 0 Å². The lowest BCUT2D eigenvalue weighted by molar-refractivity contribution is 0.249. The van der Waals surface area contributed by atoms with Crippen molar-refractivity contribution in [3.63, 3.8) is 0 Å². The number of nitrogens with zero attached hydrogens (tertiary/aromatic N) is 2. The van der Waals surface area contributed by atoms with Crippen LogP contribution in [0.15, 0.2) is 43.0 Å². The topological polar surface area (TPSA) is 6.48 Å². The van der Waals surface area contributed by atoms with Crippen molar-refractivity contribution in [1.29, 1.82) is 0 Å². The average molecular weight is 345 g/mol. The minimum atomic E-state index is 0.987. The predicted octanol–water partition coefficient (Wildman–Crippen LogP) is 4.64. The Bertz CT molecular complexity index is 849. The Morgan fingerprint density at radius 1 is 1.08 bits per heavy atom. The van der Waals surface area contributed by atoms with Crippen LogP contribution < -0.4 is 4.90 Å². The lowest BCUT2D eigenvalue weighted by Gasteiger charge is -2.37. The van der Waals surface area contributed by atoms with Crippen LogP contribution >= 0.6 is 0 Å². The van der Waals surface area contributed by atoms with Crippen molar-refractivity contribution in [2.24, 2.45) is 0 Å². The highest BCUT2D eigenvalue weighted by atomic mass is 15.3. The van der Waals surface area contributed by atoms with Crippen molar-refractivity contribution in [1.82, 2.24) is 4.90 Å². The summed E-state index contributed by atoms with van der Waals surface area (Å²) in [5.74, 6) is 2.81. The summed E-state index contributed by atoms with van der Waals surface area (Å²) in [6.45, 7) is 15.7. The molecule has 2 aromatic rings. The fourth-order valence-corrected chi connectivity index (χ4v) is 3.79. The molecule has 0 spiro atoms. The van der Waals surface area contributed by atoms with Crippen LogP contribution in [0.3, 0.4) is 0 Å². The van der Waals surface area contributed by atoms with Gasteiger partial charge in [-0.1, -0.05) is 36.3 Å². The van der Waals surface area contributed by atoms with Crippen molar-refractivity contribution in [2.75, 3.05) is 31.1 Å². The van der Waals surface area contributed by atoms with E-state index < -0.39 is 0 Å². The van der Waals surface area contributed by atoms with E-state index in [0.717, 1.165) is 43.9 Å². The molecule has 0 radical (unpaired) electrons. The van der Waals surface area contributed by atoms with Crippen molar-refractivity contribution in [2.45, 2.75) is 27.3 Å². The third kappa shape index (κ3) is 3.84. The molecule has 1 fully saturated rings. The summed E-state index contributed by atoms with van der Waals surface area (Å²) >= 11 is 0. The van der Waals surface area contributed by atoms with Gasteiger partial charge in [0.05, 0.1) is 5.69 Å². The van der Waals surface area contributed by atoms with Gasteiger partial charge in [-0.05, 0) is 61.2 Å². The van der Waals surface area contributed by atoms with Crippen molar-refractivity contribution in [3.8, 4) is 12.3 Å². The first-order chi connectivity index (χ1) is 12.5. The molecule has 3 rings (SSSR count). The molecule has 0 saturated carbocycles. The lowest BCUT2D eigenvalue weighted by atomic mass is 9.96. The standard InChI is InChI=1S/C24H28N2/c1-6-21-9-7-8-10-24(21)26-13-11-25(12-14-26)17-22-16-23(18(2)3)20(5)15-19(22)4/h1,7-10,15-16H,2,11-14,17H2,3-5H3. The van der Waals surface area contributed by atoms with Gasteiger partial charge in [0, 0.05) is 38.3 Å². The smallest absolute Gasteiger partial charge is 0.0526 e. The summed E-state index contributed by atoms with van der Waals surface area (Å²) in [4.78, 5) is 4.95. The molecule has 0 bridgehead atoms. The van der Waals surface area contributed by atoms with E-state index in [1.807, 2.05) is 12.1 Å². The van der Waals surface area contributed by atoms with Gasteiger partial charge in [-0.25, -0.2) is 0 Å². The molecule has 0 aromatic heterocycles. The molecule has 0 aliphatic carbocycles. The Hall–Kier alpha value is -2.50. The SMILES string of the molecule is C#Cc1ccccc1N1CCN(Cc2cc(C(=C)C)c(C)cc2C)CC1. The summed E-state index contributed by atoms with van der Waals surface area (Å²) < 4.78 is 0. The van der Waals surface area contributed by atoms with E-state index in [4.69, 9.17) is 6.42 Å². The predicted molar refractivity (Wildman–Crippen MR) is 112 cm³/mol. The number of benzene rings is 2. The van der Waals surface area contributed by atoms with Gasteiger partial charge in [-0.3, -0.25) is 4.90 Å². The molecular weight excluding hydrogens is 316 g/mol. The van der Waals surface area contributed by atoms with Crippen LogP contribution in [0.4, 0.5) is 5.69 Å². The van der Waals surface area contributed by atoms with Crippen molar-refractivity contribution in [3.05, 3.63) is 70.8 Å². The number of rotatable bonds is 4. The zero-order valence-electron chi connectivity index (χ0n) is 16.2. The molecule has 134 valence electrons.